The second-order valence-corrected chi connectivity index (χ2v) is 3.75. The molecule has 0 heterocycles. The molecule has 0 aliphatic rings. The predicted octanol–water partition coefficient (Wildman–Crippen LogP) is 3.59. The monoisotopic (exact) mass is 250 g/mol. The van der Waals surface area contributed by atoms with Gasteiger partial charge in [0.2, 0.25) is 0 Å². The molecule has 0 aliphatic carbocycles. The molecule has 0 aliphatic heterocycles. The Kier molecular flexibility index (Phi) is 3.83. The number of ether oxygens (including phenoxy) is 2. The van der Waals surface area contributed by atoms with E-state index in [9.17, 15) is 4.79 Å². The van der Waals surface area contributed by atoms with Crippen molar-refractivity contribution in [2.45, 2.75) is 0 Å². The summed E-state index contributed by atoms with van der Waals surface area (Å²) in [5.41, 5.74) is -0.813. The fourth-order valence-electron chi connectivity index (χ4n) is 1.54. The van der Waals surface area contributed by atoms with Crippen LogP contribution < -0.4 is 4.74 Å². The molecule has 2 aromatic rings. The smallest absolute Gasteiger partial charge is 0.403 e. The highest BCUT2D eigenvalue weighted by molar-refractivity contribution is 6.61. The van der Waals surface area contributed by atoms with Crippen LogP contribution in [0.25, 0.3) is 10.8 Å². The van der Waals surface area contributed by atoms with Gasteiger partial charge in [0, 0.05) is 11.6 Å². The fraction of sp³-hybridized carbons (Fsp3) is 0.154. The highest BCUT2D eigenvalue weighted by Crippen LogP contribution is 2.20. The van der Waals surface area contributed by atoms with E-state index in [0.717, 1.165) is 16.5 Å². The summed E-state index contributed by atoms with van der Waals surface area (Å²) in [4.78, 5) is 10.3. The second kappa shape index (κ2) is 5.55. The number of carbonyl (C=O) groups excluding carboxylic acids is 1. The maximum Gasteiger partial charge on any atom is 0.403 e. The van der Waals surface area contributed by atoms with Gasteiger partial charge < -0.3 is 9.47 Å². The number of fused-ring (bicyclic) bond motifs is 1. The van der Waals surface area contributed by atoms with Crippen molar-refractivity contribution < 1.29 is 14.3 Å². The van der Waals surface area contributed by atoms with Gasteiger partial charge in [0.25, 0.3) is 0 Å². The molecule has 88 valence electrons. The van der Waals surface area contributed by atoms with Crippen LogP contribution in [0.4, 0.5) is 4.79 Å². The number of rotatable bonds is 4. The third-order valence-corrected chi connectivity index (χ3v) is 2.40. The van der Waals surface area contributed by atoms with Crippen LogP contribution in [0.5, 0.6) is 5.75 Å². The summed E-state index contributed by atoms with van der Waals surface area (Å²) in [5.74, 6) is 0.745. The summed E-state index contributed by atoms with van der Waals surface area (Å²) in [6.07, 6.45) is 0. The van der Waals surface area contributed by atoms with Crippen LogP contribution >= 0.6 is 11.6 Å². The Hall–Kier alpha value is -1.74. The zero-order chi connectivity index (χ0) is 12.1. The largest absolute Gasteiger partial charge is 0.490 e. The van der Waals surface area contributed by atoms with Crippen molar-refractivity contribution in [2.24, 2.45) is 0 Å². The molecular formula is C13H11ClO3. The maximum atomic E-state index is 10.3. The summed E-state index contributed by atoms with van der Waals surface area (Å²) in [6, 6.07) is 13.8. The van der Waals surface area contributed by atoms with Gasteiger partial charge in [0.05, 0.1) is 0 Å². The molecule has 0 saturated carbocycles. The molecule has 2 aromatic carbocycles. The number of hydrogen-bond donors (Lipinski definition) is 0. The van der Waals surface area contributed by atoms with Crippen molar-refractivity contribution in [1.82, 2.24) is 0 Å². The van der Waals surface area contributed by atoms with E-state index in [1.54, 1.807) is 0 Å². The molecule has 0 atom stereocenters. The molecular weight excluding hydrogens is 240 g/mol. The highest BCUT2D eigenvalue weighted by atomic mass is 35.5. The van der Waals surface area contributed by atoms with Crippen LogP contribution in [0, 0.1) is 0 Å². The first-order chi connectivity index (χ1) is 8.25. The standard InChI is InChI=1S/C13H11ClO3/c14-13(15)17-8-7-16-12-6-5-10-3-1-2-4-11(10)9-12/h1-6,9H,7-8H2. The van der Waals surface area contributed by atoms with Crippen LogP contribution in [0.2, 0.25) is 0 Å². The minimum absolute atomic E-state index is 0.148. The van der Waals surface area contributed by atoms with Crippen molar-refractivity contribution in [3.05, 3.63) is 42.5 Å². The van der Waals surface area contributed by atoms with Gasteiger partial charge in [-0.3, -0.25) is 0 Å². The first-order valence-corrected chi connectivity index (χ1v) is 5.57. The Balaban J connectivity index is 1.97. The van der Waals surface area contributed by atoms with Crippen LogP contribution in [0.3, 0.4) is 0 Å². The van der Waals surface area contributed by atoms with Gasteiger partial charge in [0.1, 0.15) is 19.0 Å². The number of halogens is 1. The molecule has 0 unspecified atom stereocenters. The summed E-state index contributed by atoms with van der Waals surface area (Å²) in [5, 5.41) is 2.27. The van der Waals surface area contributed by atoms with Crippen LogP contribution in [0.1, 0.15) is 0 Å². The third-order valence-electron chi connectivity index (χ3n) is 2.29. The molecule has 0 fully saturated rings. The van der Waals surface area contributed by atoms with E-state index < -0.39 is 5.43 Å². The van der Waals surface area contributed by atoms with Crippen molar-refractivity contribution >= 4 is 27.8 Å². The minimum Gasteiger partial charge on any atom is -0.490 e. The topological polar surface area (TPSA) is 35.5 Å². The molecule has 2 rings (SSSR count). The predicted molar refractivity (Wildman–Crippen MR) is 66.6 cm³/mol. The zero-order valence-corrected chi connectivity index (χ0v) is 9.81. The van der Waals surface area contributed by atoms with E-state index in [1.807, 2.05) is 42.5 Å². The van der Waals surface area contributed by atoms with E-state index in [4.69, 9.17) is 16.3 Å². The van der Waals surface area contributed by atoms with Gasteiger partial charge >= 0.3 is 5.43 Å². The van der Waals surface area contributed by atoms with E-state index in [2.05, 4.69) is 4.74 Å². The Morgan fingerprint density at radius 1 is 1.06 bits per heavy atom. The lowest BCUT2D eigenvalue weighted by Crippen LogP contribution is -2.07. The van der Waals surface area contributed by atoms with Crippen molar-refractivity contribution in [3.63, 3.8) is 0 Å². The minimum atomic E-state index is -0.813. The molecule has 0 spiro atoms. The van der Waals surface area contributed by atoms with Crippen LogP contribution in [-0.4, -0.2) is 18.6 Å². The summed E-state index contributed by atoms with van der Waals surface area (Å²) in [7, 11) is 0. The summed E-state index contributed by atoms with van der Waals surface area (Å²) >= 11 is 5.02. The second-order valence-electron chi connectivity index (χ2n) is 3.44. The number of carbonyl (C=O) groups is 1. The van der Waals surface area contributed by atoms with E-state index >= 15 is 0 Å². The van der Waals surface area contributed by atoms with Gasteiger partial charge in [-0.2, -0.15) is 0 Å². The van der Waals surface area contributed by atoms with Gasteiger partial charge in [-0.05, 0) is 22.9 Å². The van der Waals surface area contributed by atoms with Gasteiger partial charge in [-0.25, -0.2) is 4.79 Å². The van der Waals surface area contributed by atoms with Crippen molar-refractivity contribution in [2.75, 3.05) is 13.2 Å². The number of hydrogen-bond acceptors (Lipinski definition) is 3. The molecule has 0 amide bonds. The van der Waals surface area contributed by atoms with E-state index in [1.165, 1.54) is 0 Å². The van der Waals surface area contributed by atoms with Crippen LogP contribution in [0.15, 0.2) is 42.5 Å². The van der Waals surface area contributed by atoms with Gasteiger partial charge in [-0.1, -0.05) is 30.3 Å². The van der Waals surface area contributed by atoms with Crippen molar-refractivity contribution in [3.8, 4) is 5.75 Å². The highest BCUT2D eigenvalue weighted by Gasteiger charge is 1.98. The zero-order valence-electron chi connectivity index (χ0n) is 9.06. The number of benzene rings is 2. The molecule has 4 heteroatoms. The van der Waals surface area contributed by atoms with Gasteiger partial charge in [-0.15, -0.1) is 0 Å². The Bertz CT molecular complexity index is 525. The fourth-order valence-corrected chi connectivity index (χ4v) is 1.62. The average Bonchev–Trinajstić information content (AvgIpc) is 2.34. The van der Waals surface area contributed by atoms with Gasteiger partial charge in [0.15, 0.2) is 0 Å². The molecule has 0 aromatic heterocycles. The Morgan fingerprint density at radius 2 is 1.82 bits per heavy atom. The Labute approximate surface area is 104 Å². The quantitative estimate of drug-likeness (QED) is 0.614. The first-order valence-electron chi connectivity index (χ1n) is 5.19. The molecule has 3 nitrogen and oxygen atoms in total. The molecule has 0 saturated heterocycles. The average molecular weight is 251 g/mol. The lowest BCUT2D eigenvalue weighted by Gasteiger charge is -2.06. The lowest BCUT2D eigenvalue weighted by atomic mass is 10.1. The lowest BCUT2D eigenvalue weighted by molar-refractivity contribution is 0.147. The third kappa shape index (κ3) is 3.36. The molecule has 0 radical (unpaired) electrons. The SMILES string of the molecule is O=C(Cl)OCCOc1ccc2ccccc2c1. The maximum absolute atomic E-state index is 10.3. The Morgan fingerprint density at radius 3 is 2.59 bits per heavy atom. The molecule has 0 bridgehead atoms. The van der Waals surface area contributed by atoms with E-state index in [0.29, 0.717) is 0 Å². The molecule has 0 N–H and O–H groups in total. The summed E-state index contributed by atoms with van der Waals surface area (Å²) < 4.78 is 9.98. The first kappa shape index (κ1) is 11.7. The summed E-state index contributed by atoms with van der Waals surface area (Å²) in [6.45, 7) is 0.436. The van der Waals surface area contributed by atoms with E-state index in [-0.39, 0.29) is 13.2 Å². The van der Waals surface area contributed by atoms with Crippen molar-refractivity contribution in [1.29, 1.82) is 0 Å². The normalized spacial score (nSPS) is 10.2. The van der Waals surface area contributed by atoms with Crippen LogP contribution in [-0.2, 0) is 4.74 Å². The molecule has 17 heavy (non-hydrogen) atoms.